The van der Waals surface area contributed by atoms with Gasteiger partial charge in [0.1, 0.15) is 0 Å². The fraction of sp³-hybridized carbons (Fsp3) is 0.357. The molecule has 0 aliphatic rings. The average Bonchev–Trinajstić information content (AvgIpc) is 2.89. The third-order valence-corrected chi connectivity index (χ3v) is 4.51. The van der Waals surface area contributed by atoms with Crippen molar-refractivity contribution in [3.63, 3.8) is 0 Å². The standard InChI is InChI=1S/C14H14Cl3NOS/c15-8-10-9-20-13(18-10)6-1-2-7-19-14-11(16)4-3-5-12(14)17/h3-5,9H,1-2,6-8H2. The second kappa shape index (κ2) is 8.08. The highest BCUT2D eigenvalue weighted by atomic mass is 35.5. The fourth-order valence-electron chi connectivity index (χ4n) is 1.70. The first-order chi connectivity index (χ1) is 9.70. The molecular formula is C14H14Cl3NOS. The Labute approximate surface area is 137 Å². The van der Waals surface area contributed by atoms with Gasteiger partial charge in [0.05, 0.1) is 33.2 Å². The summed E-state index contributed by atoms with van der Waals surface area (Å²) in [6.45, 7) is 0.594. The van der Waals surface area contributed by atoms with E-state index in [9.17, 15) is 0 Å². The molecule has 0 atom stereocenters. The Morgan fingerprint density at radius 3 is 2.55 bits per heavy atom. The lowest BCUT2D eigenvalue weighted by molar-refractivity contribution is 0.307. The molecular weight excluding hydrogens is 337 g/mol. The molecule has 0 amide bonds. The molecule has 0 fully saturated rings. The molecule has 0 saturated carbocycles. The van der Waals surface area contributed by atoms with Gasteiger partial charge >= 0.3 is 0 Å². The maximum atomic E-state index is 6.03. The summed E-state index contributed by atoms with van der Waals surface area (Å²) in [4.78, 5) is 4.42. The molecule has 1 aromatic carbocycles. The molecule has 0 aliphatic heterocycles. The molecule has 0 unspecified atom stereocenters. The topological polar surface area (TPSA) is 22.1 Å². The maximum Gasteiger partial charge on any atom is 0.156 e. The van der Waals surface area contributed by atoms with E-state index in [-0.39, 0.29) is 0 Å². The van der Waals surface area contributed by atoms with Crippen molar-refractivity contribution >= 4 is 46.1 Å². The third kappa shape index (κ3) is 4.52. The number of aryl methyl sites for hydroxylation is 1. The molecule has 1 aromatic heterocycles. The first-order valence-corrected chi connectivity index (χ1v) is 8.43. The SMILES string of the molecule is ClCc1csc(CCCCOc2c(Cl)cccc2Cl)n1. The molecule has 0 spiro atoms. The number of rotatable bonds is 7. The average molecular weight is 351 g/mol. The number of nitrogens with zero attached hydrogens (tertiary/aromatic N) is 1. The fourth-order valence-corrected chi connectivity index (χ4v) is 3.27. The van der Waals surface area contributed by atoms with Crippen LogP contribution in [-0.4, -0.2) is 11.6 Å². The normalized spacial score (nSPS) is 10.8. The number of aromatic nitrogens is 1. The van der Waals surface area contributed by atoms with Gasteiger partial charge in [-0.25, -0.2) is 4.98 Å². The van der Waals surface area contributed by atoms with Gasteiger partial charge in [-0.1, -0.05) is 29.3 Å². The summed E-state index contributed by atoms with van der Waals surface area (Å²) < 4.78 is 5.63. The number of benzene rings is 1. The van der Waals surface area contributed by atoms with Gasteiger partial charge in [-0.15, -0.1) is 22.9 Å². The van der Waals surface area contributed by atoms with Gasteiger partial charge in [0.2, 0.25) is 0 Å². The van der Waals surface area contributed by atoms with Crippen LogP contribution in [0.3, 0.4) is 0 Å². The maximum absolute atomic E-state index is 6.03. The van der Waals surface area contributed by atoms with Crippen LogP contribution >= 0.6 is 46.1 Å². The lowest BCUT2D eigenvalue weighted by Crippen LogP contribution is -1.99. The van der Waals surface area contributed by atoms with E-state index in [0.29, 0.717) is 28.3 Å². The Morgan fingerprint density at radius 2 is 1.90 bits per heavy atom. The van der Waals surface area contributed by atoms with Crippen LogP contribution in [0.1, 0.15) is 23.5 Å². The summed E-state index contributed by atoms with van der Waals surface area (Å²) in [5.41, 5.74) is 0.950. The lowest BCUT2D eigenvalue weighted by atomic mass is 10.2. The van der Waals surface area contributed by atoms with Gasteiger partial charge in [-0.3, -0.25) is 0 Å². The number of alkyl halides is 1. The number of thiazole rings is 1. The molecule has 0 aliphatic carbocycles. The Hall–Kier alpha value is -0.480. The van der Waals surface area contributed by atoms with Gasteiger partial charge in [0.15, 0.2) is 5.75 Å². The van der Waals surface area contributed by atoms with E-state index in [1.807, 2.05) is 5.38 Å². The minimum absolute atomic E-state index is 0.477. The monoisotopic (exact) mass is 349 g/mol. The first kappa shape index (κ1) is 15.9. The third-order valence-electron chi connectivity index (χ3n) is 2.69. The molecule has 2 nitrogen and oxygen atoms in total. The second-order valence-corrected chi connectivity index (χ2v) is 6.25. The number of halogens is 3. The summed E-state index contributed by atoms with van der Waals surface area (Å²) in [5.74, 6) is 1.04. The predicted molar refractivity (Wildman–Crippen MR) is 86.6 cm³/mol. The van der Waals surface area contributed by atoms with E-state index in [2.05, 4.69) is 4.98 Å². The number of ether oxygens (including phenoxy) is 1. The van der Waals surface area contributed by atoms with Crippen molar-refractivity contribution in [3.8, 4) is 5.75 Å². The first-order valence-electron chi connectivity index (χ1n) is 6.26. The number of hydrogen-bond acceptors (Lipinski definition) is 3. The summed E-state index contributed by atoms with van der Waals surface area (Å²) >= 11 is 19.4. The van der Waals surface area contributed by atoms with Crippen molar-refractivity contribution < 1.29 is 4.74 Å². The van der Waals surface area contributed by atoms with E-state index >= 15 is 0 Å². The molecule has 0 saturated heterocycles. The van der Waals surface area contributed by atoms with Crippen LogP contribution in [0.15, 0.2) is 23.6 Å². The molecule has 2 rings (SSSR count). The van der Waals surface area contributed by atoms with Crippen LogP contribution < -0.4 is 4.74 Å². The summed E-state index contributed by atoms with van der Waals surface area (Å²) in [7, 11) is 0. The number of para-hydroxylation sites is 1. The van der Waals surface area contributed by atoms with Gasteiger partial charge < -0.3 is 4.74 Å². The van der Waals surface area contributed by atoms with Crippen LogP contribution in [0.25, 0.3) is 0 Å². The van der Waals surface area contributed by atoms with Crippen molar-refractivity contribution in [2.75, 3.05) is 6.61 Å². The zero-order chi connectivity index (χ0) is 14.4. The summed E-state index contributed by atoms with van der Waals surface area (Å²) in [5, 5.41) is 4.22. The minimum Gasteiger partial charge on any atom is -0.490 e. The summed E-state index contributed by atoms with van der Waals surface area (Å²) in [6.07, 6.45) is 2.88. The van der Waals surface area contributed by atoms with Crippen LogP contribution in [0.2, 0.25) is 10.0 Å². The summed E-state index contributed by atoms with van der Waals surface area (Å²) in [6, 6.07) is 5.34. The van der Waals surface area contributed by atoms with Crippen LogP contribution in [-0.2, 0) is 12.3 Å². The van der Waals surface area contributed by atoms with Crippen LogP contribution in [0.4, 0.5) is 0 Å². The highest BCUT2D eigenvalue weighted by Crippen LogP contribution is 2.32. The van der Waals surface area contributed by atoms with Crippen LogP contribution in [0.5, 0.6) is 5.75 Å². The molecule has 0 N–H and O–H groups in total. The quantitative estimate of drug-likeness (QED) is 0.479. The van der Waals surface area contributed by atoms with E-state index in [1.165, 1.54) is 0 Å². The van der Waals surface area contributed by atoms with Gasteiger partial charge in [-0.05, 0) is 31.4 Å². The molecule has 1 heterocycles. The Morgan fingerprint density at radius 1 is 1.15 bits per heavy atom. The molecule has 6 heteroatoms. The molecule has 2 aromatic rings. The highest BCUT2D eigenvalue weighted by Gasteiger charge is 2.06. The van der Waals surface area contributed by atoms with Gasteiger partial charge in [-0.2, -0.15) is 0 Å². The predicted octanol–water partition coefficient (Wildman–Crippen LogP) is 5.59. The zero-order valence-electron chi connectivity index (χ0n) is 10.7. The number of hydrogen-bond donors (Lipinski definition) is 0. The highest BCUT2D eigenvalue weighted by molar-refractivity contribution is 7.09. The zero-order valence-corrected chi connectivity index (χ0v) is 13.8. The van der Waals surface area contributed by atoms with Crippen molar-refractivity contribution in [3.05, 3.63) is 44.3 Å². The van der Waals surface area contributed by atoms with Crippen molar-refractivity contribution in [1.29, 1.82) is 0 Å². The molecule has 108 valence electrons. The van der Waals surface area contributed by atoms with Crippen LogP contribution in [0, 0.1) is 0 Å². The van der Waals surface area contributed by atoms with E-state index < -0.39 is 0 Å². The Kier molecular flexibility index (Phi) is 6.43. The Bertz CT molecular complexity index is 539. The van der Waals surface area contributed by atoms with E-state index in [4.69, 9.17) is 39.5 Å². The Balaban J connectivity index is 1.71. The second-order valence-electron chi connectivity index (χ2n) is 4.22. The van der Waals surface area contributed by atoms with Crippen molar-refractivity contribution in [2.24, 2.45) is 0 Å². The largest absolute Gasteiger partial charge is 0.490 e. The molecule has 20 heavy (non-hydrogen) atoms. The minimum atomic E-state index is 0.477. The lowest BCUT2D eigenvalue weighted by Gasteiger charge is -2.09. The smallest absolute Gasteiger partial charge is 0.156 e. The van der Waals surface area contributed by atoms with Crippen molar-refractivity contribution in [2.45, 2.75) is 25.1 Å². The molecule has 0 radical (unpaired) electrons. The number of unbranched alkanes of at least 4 members (excludes halogenated alkanes) is 1. The van der Waals surface area contributed by atoms with Gasteiger partial charge in [0, 0.05) is 5.38 Å². The van der Waals surface area contributed by atoms with Crippen molar-refractivity contribution in [1.82, 2.24) is 4.98 Å². The van der Waals surface area contributed by atoms with E-state index in [1.54, 1.807) is 29.5 Å². The van der Waals surface area contributed by atoms with E-state index in [0.717, 1.165) is 30.0 Å². The van der Waals surface area contributed by atoms with Gasteiger partial charge in [0.25, 0.3) is 0 Å². The molecule has 0 bridgehead atoms.